The standard InChI is InChI=1S/C25H38N3O.U/c1-24(2)17-13-14-25(3,15-17)23(24)26-16-21(29)22-19-11-7-8-12-20(19)28(27-22)18-9-5-4-6-10-18;/h7,17-18,23,26H,4-6,8-16H2,1-3H3;/q-1;. The third-order valence-electron chi connectivity index (χ3n) is 8.97. The van der Waals surface area contributed by atoms with Gasteiger partial charge in [0.05, 0.1) is 12.6 Å². The van der Waals surface area contributed by atoms with Crippen LogP contribution in [0.3, 0.4) is 0 Å². The first-order valence-electron chi connectivity index (χ1n) is 12.1. The first-order valence-corrected chi connectivity index (χ1v) is 12.1. The van der Waals surface area contributed by atoms with Gasteiger partial charge in [0.1, 0.15) is 5.69 Å². The van der Waals surface area contributed by atoms with Crippen LogP contribution >= 0.6 is 0 Å². The third-order valence-corrected chi connectivity index (χ3v) is 8.97. The molecule has 5 rings (SSSR count). The molecular formula is C25H38N3OU-. The molecule has 0 spiro atoms. The molecule has 0 aliphatic heterocycles. The van der Waals surface area contributed by atoms with E-state index < -0.39 is 0 Å². The molecule has 0 aromatic carbocycles. The Morgan fingerprint density at radius 1 is 1.20 bits per heavy atom. The van der Waals surface area contributed by atoms with Crippen LogP contribution < -0.4 is 5.32 Å². The minimum absolute atomic E-state index is 0. The second-order valence-electron chi connectivity index (χ2n) is 11.2. The van der Waals surface area contributed by atoms with Crippen LogP contribution in [0.4, 0.5) is 0 Å². The van der Waals surface area contributed by atoms with Gasteiger partial charge < -0.3 is 11.7 Å². The summed E-state index contributed by atoms with van der Waals surface area (Å²) < 4.78 is 2.28. The Morgan fingerprint density at radius 2 is 1.97 bits per heavy atom. The van der Waals surface area contributed by atoms with Crippen LogP contribution in [0.5, 0.6) is 0 Å². The summed E-state index contributed by atoms with van der Waals surface area (Å²) >= 11 is 0. The van der Waals surface area contributed by atoms with Gasteiger partial charge in [0.25, 0.3) is 0 Å². The number of Topliss-reactive ketones (excluding diaryl/α,β-unsaturated/α-hetero) is 1. The molecule has 3 atom stereocenters. The summed E-state index contributed by atoms with van der Waals surface area (Å²) in [5.41, 5.74) is 3.98. The van der Waals surface area contributed by atoms with Gasteiger partial charge in [-0.25, -0.2) is 0 Å². The van der Waals surface area contributed by atoms with Gasteiger partial charge in [-0.3, -0.25) is 9.48 Å². The number of hydrogen-bond acceptors (Lipinski definition) is 3. The van der Waals surface area contributed by atoms with Crippen LogP contribution in [0, 0.1) is 54.3 Å². The van der Waals surface area contributed by atoms with Crippen LogP contribution in [0.2, 0.25) is 0 Å². The molecule has 0 radical (unpaired) electrons. The number of rotatable bonds is 5. The van der Waals surface area contributed by atoms with Gasteiger partial charge in [0.2, 0.25) is 0 Å². The van der Waals surface area contributed by atoms with E-state index in [1.807, 2.05) is 0 Å². The van der Waals surface area contributed by atoms with Crippen molar-refractivity contribution in [2.24, 2.45) is 16.7 Å². The molecule has 3 saturated carbocycles. The van der Waals surface area contributed by atoms with E-state index in [0.717, 1.165) is 30.9 Å². The number of hydrogen-bond donors (Lipinski definition) is 1. The zero-order valence-electron chi connectivity index (χ0n) is 19.1. The second-order valence-corrected chi connectivity index (χ2v) is 11.2. The number of fused-ring (bicyclic) bond motifs is 3. The quantitative estimate of drug-likeness (QED) is 0.364. The van der Waals surface area contributed by atoms with E-state index in [2.05, 4.69) is 37.2 Å². The third kappa shape index (κ3) is 3.80. The first kappa shape index (κ1) is 23.1. The van der Waals surface area contributed by atoms with Crippen molar-refractivity contribution < 1.29 is 35.9 Å². The normalized spacial score (nSPS) is 32.6. The summed E-state index contributed by atoms with van der Waals surface area (Å²) in [6, 6.07) is 0.939. The average Bonchev–Trinajstić information content (AvgIpc) is 3.35. The van der Waals surface area contributed by atoms with Gasteiger partial charge in [0.15, 0.2) is 5.78 Å². The van der Waals surface area contributed by atoms with E-state index in [9.17, 15) is 4.79 Å². The molecule has 164 valence electrons. The van der Waals surface area contributed by atoms with Gasteiger partial charge in [-0.2, -0.15) is 11.5 Å². The molecule has 2 bridgehead atoms. The van der Waals surface area contributed by atoms with Crippen LogP contribution in [0.15, 0.2) is 0 Å². The van der Waals surface area contributed by atoms with Gasteiger partial charge >= 0.3 is 0 Å². The van der Waals surface area contributed by atoms with Crippen molar-refractivity contribution in [2.45, 2.75) is 103 Å². The molecule has 4 aliphatic rings. The Kier molecular flexibility index (Phi) is 6.67. The number of carbonyl (C=O) groups is 1. The molecule has 4 nitrogen and oxygen atoms in total. The number of nitrogens with zero attached hydrogens (tertiary/aromatic N) is 2. The van der Waals surface area contributed by atoms with E-state index in [1.54, 1.807) is 0 Å². The fourth-order valence-electron chi connectivity index (χ4n) is 7.41. The topological polar surface area (TPSA) is 46.9 Å². The molecule has 1 N–H and O–H groups in total. The number of ketones is 1. The Labute approximate surface area is 206 Å². The maximum absolute atomic E-state index is 13.3. The van der Waals surface area contributed by atoms with Gasteiger partial charge in [0, 0.05) is 42.8 Å². The summed E-state index contributed by atoms with van der Waals surface area (Å²) in [7, 11) is 0. The van der Waals surface area contributed by atoms with E-state index in [-0.39, 0.29) is 42.3 Å². The predicted molar refractivity (Wildman–Crippen MR) is 116 cm³/mol. The van der Waals surface area contributed by atoms with E-state index in [1.165, 1.54) is 62.6 Å². The monoisotopic (exact) mass is 634 g/mol. The minimum atomic E-state index is 0. The number of aromatic nitrogens is 2. The molecule has 1 aromatic rings. The number of nitrogens with one attached hydrogen (secondary N) is 1. The van der Waals surface area contributed by atoms with Crippen molar-refractivity contribution in [3.8, 4) is 0 Å². The Hall–Kier alpha value is -0.108. The molecule has 1 heterocycles. The van der Waals surface area contributed by atoms with Crippen molar-refractivity contribution in [3.05, 3.63) is 23.4 Å². The SMILES string of the molecule is CC12CCC(C1)C(C)(C)C2NCC(=O)c1nn(C2CCCCC2)c2c1C[CH-]CC2.[U]. The van der Waals surface area contributed by atoms with Crippen LogP contribution in [0.25, 0.3) is 0 Å². The fourth-order valence-corrected chi connectivity index (χ4v) is 7.41. The average molecular weight is 635 g/mol. The molecule has 3 unspecified atom stereocenters. The number of carbonyl (C=O) groups excluding carboxylic acids is 1. The van der Waals surface area contributed by atoms with Crippen molar-refractivity contribution in [3.63, 3.8) is 0 Å². The maximum Gasteiger partial charge on any atom is 0.196 e. The van der Waals surface area contributed by atoms with E-state index in [4.69, 9.17) is 5.10 Å². The largest absolute Gasteiger partial charge is 0.324 e. The molecule has 4 aliphatic carbocycles. The van der Waals surface area contributed by atoms with Crippen LogP contribution in [0.1, 0.15) is 106 Å². The fraction of sp³-hybridized carbons (Fsp3) is 0.800. The molecular weight excluding hydrogens is 596 g/mol. The zero-order valence-corrected chi connectivity index (χ0v) is 23.3. The molecule has 3 fully saturated rings. The van der Waals surface area contributed by atoms with Crippen molar-refractivity contribution >= 4 is 5.78 Å². The maximum atomic E-state index is 13.3. The smallest absolute Gasteiger partial charge is 0.196 e. The van der Waals surface area contributed by atoms with E-state index >= 15 is 0 Å². The molecule has 0 amide bonds. The van der Waals surface area contributed by atoms with Gasteiger partial charge in [-0.1, -0.05) is 40.0 Å². The van der Waals surface area contributed by atoms with Crippen molar-refractivity contribution in [1.82, 2.24) is 15.1 Å². The molecule has 1 aromatic heterocycles. The van der Waals surface area contributed by atoms with Crippen molar-refractivity contribution in [1.29, 1.82) is 0 Å². The van der Waals surface area contributed by atoms with Crippen LogP contribution in [-0.2, 0) is 12.8 Å². The Morgan fingerprint density at radius 3 is 2.67 bits per heavy atom. The Bertz CT molecular complexity index is 790. The molecule has 30 heavy (non-hydrogen) atoms. The first-order chi connectivity index (χ1) is 13.9. The summed E-state index contributed by atoms with van der Waals surface area (Å²) in [6.45, 7) is 7.67. The Balaban J connectivity index is 0.00000218. The summed E-state index contributed by atoms with van der Waals surface area (Å²) in [6.07, 6.45) is 15.8. The predicted octanol–water partition coefficient (Wildman–Crippen LogP) is 5.07. The van der Waals surface area contributed by atoms with E-state index in [0.29, 0.717) is 24.0 Å². The zero-order chi connectivity index (χ0) is 20.2. The summed E-state index contributed by atoms with van der Waals surface area (Å²) in [5.74, 6) is 1.00. The van der Waals surface area contributed by atoms with Gasteiger partial charge in [-0.15, -0.1) is 6.42 Å². The van der Waals surface area contributed by atoms with Crippen molar-refractivity contribution in [2.75, 3.05) is 6.54 Å². The minimum Gasteiger partial charge on any atom is -0.324 e. The molecule has 0 saturated heterocycles. The molecule has 5 heteroatoms. The summed E-state index contributed by atoms with van der Waals surface area (Å²) in [4.78, 5) is 13.3. The van der Waals surface area contributed by atoms with Crippen LogP contribution in [-0.4, -0.2) is 28.2 Å². The summed E-state index contributed by atoms with van der Waals surface area (Å²) in [5, 5.41) is 8.70. The van der Waals surface area contributed by atoms with Gasteiger partial charge in [-0.05, 0) is 60.8 Å². The second kappa shape index (κ2) is 8.68.